The third kappa shape index (κ3) is 5.65. The van der Waals surface area contributed by atoms with E-state index in [1.807, 2.05) is 0 Å². The van der Waals surface area contributed by atoms with Gasteiger partial charge in [0.1, 0.15) is 5.75 Å². The van der Waals surface area contributed by atoms with Crippen LogP contribution in [0, 0.1) is 0 Å². The molecule has 0 aliphatic heterocycles. The maximum absolute atomic E-state index is 12.7. The monoisotopic (exact) mass is 518 g/mol. The molecule has 3 aromatic rings. The molecule has 10 heteroatoms. The molecule has 0 unspecified atom stereocenters. The van der Waals surface area contributed by atoms with Gasteiger partial charge < -0.3 is 14.2 Å². The molecule has 0 atom stereocenters. The van der Waals surface area contributed by atoms with E-state index in [9.17, 15) is 13.2 Å². The van der Waals surface area contributed by atoms with E-state index in [1.165, 1.54) is 38.6 Å². The number of esters is 1. The van der Waals surface area contributed by atoms with Gasteiger partial charge in [-0.05, 0) is 48.5 Å². The van der Waals surface area contributed by atoms with Crippen molar-refractivity contribution in [2.75, 3.05) is 14.2 Å². The molecule has 32 heavy (non-hydrogen) atoms. The van der Waals surface area contributed by atoms with Crippen LogP contribution in [0.2, 0.25) is 0 Å². The number of benzene rings is 3. The number of carbonyl (C=O) groups excluding carboxylic acids is 1. The average molecular weight is 519 g/mol. The first-order chi connectivity index (χ1) is 15.3. The largest absolute Gasteiger partial charge is 0.493 e. The summed E-state index contributed by atoms with van der Waals surface area (Å²) in [5.41, 5.74) is 0.627. The van der Waals surface area contributed by atoms with Crippen LogP contribution in [0.25, 0.3) is 0 Å². The van der Waals surface area contributed by atoms with Crippen LogP contribution < -0.4 is 19.0 Å². The van der Waals surface area contributed by atoms with Crippen molar-refractivity contribution in [2.45, 2.75) is 4.90 Å². The van der Waals surface area contributed by atoms with Gasteiger partial charge in [-0.3, -0.25) is 0 Å². The lowest BCUT2D eigenvalue weighted by molar-refractivity contribution is 0.0734. The Morgan fingerprint density at radius 3 is 2.31 bits per heavy atom. The van der Waals surface area contributed by atoms with Crippen LogP contribution in [0.1, 0.15) is 15.9 Å². The number of halogens is 1. The van der Waals surface area contributed by atoms with Crippen molar-refractivity contribution in [2.24, 2.45) is 5.10 Å². The van der Waals surface area contributed by atoms with Crippen molar-refractivity contribution >= 4 is 38.1 Å². The van der Waals surface area contributed by atoms with Crippen molar-refractivity contribution in [1.82, 2.24) is 4.83 Å². The predicted molar refractivity (Wildman–Crippen MR) is 123 cm³/mol. The number of hydrazone groups is 1. The molecule has 0 bridgehead atoms. The topological polar surface area (TPSA) is 103 Å². The zero-order valence-electron chi connectivity index (χ0n) is 17.1. The third-order valence-electron chi connectivity index (χ3n) is 4.22. The molecule has 166 valence electrons. The fraction of sp³-hybridized carbons (Fsp3) is 0.0909. The Labute approximate surface area is 194 Å². The van der Waals surface area contributed by atoms with E-state index in [1.54, 1.807) is 48.5 Å². The highest BCUT2D eigenvalue weighted by molar-refractivity contribution is 9.10. The molecule has 0 heterocycles. The number of nitrogens with one attached hydrogen (secondary N) is 1. The third-order valence-corrected chi connectivity index (χ3v) is 5.96. The van der Waals surface area contributed by atoms with Gasteiger partial charge in [0.25, 0.3) is 10.0 Å². The Kier molecular flexibility index (Phi) is 7.49. The number of ether oxygens (including phenoxy) is 3. The van der Waals surface area contributed by atoms with Crippen molar-refractivity contribution < 1.29 is 27.4 Å². The number of carbonyl (C=O) groups is 1. The normalized spacial score (nSPS) is 11.2. The van der Waals surface area contributed by atoms with Crippen molar-refractivity contribution in [3.8, 4) is 17.2 Å². The molecule has 0 aliphatic rings. The minimum absolute atomic E-state index is 0.0755. The van der Waals surface area contributed by atoms with Crippen LogP contribution in [0.4, 0.5) is 0 Å². The first-order valence-corrected chi connectivity index (χ1v) is 11.5. The van der Waals surface area contributed by atoms with Gasteiger partial charge in [-0.1, -0.05) is 34.1 Å². The van der Waals surface area contributed by atoms with Crippen LogP contribution in [-0.4, -0.2) is 34.8 Å². The Morgan fingerprint density at radius 2 is 1.62 bits per heavy atom. The van der Waals surface area contributed by atoms with E-state index < -0.39 is 16.0 Å². The SMILES string of the molecule is COc1ccc(C(=O)Oc2ccc(Br)cc2C=NNS(=O)(=O)c2ccccc2)cc1OC. The molecule has 8 nitrogen and oxygen atoms in total. The van der Waals surface area contributed by atoms with Gasteiger partial charge >= 0.3 is 5.97 Å². The van der Waals surface area contributed by atoms with E-state index in [0.29, 0.717) is 21.5 Å². The number of hydrogen-bond donors (Lipinski definition) is 1. The molecule has 0 radical (unpaired) electrons. The summed E-state index contributed by atoms with van der Waals surface area (Å²) < 4.78 is 41.2. The van der Waals surface area contributed by atoms with Crippen LogP contribution in [0.3, 0.4) is 0 Å². The highest BCUT2D eigenvalue weighted by Crippen LogP contribution is 2.29. The molecule has 0 aliphatic carbocycles. The molecule has 0 fully saturated rings. The number of methoxy groups -OCH3 is 2. The predicted octanol–water partition coefficient (Wildman–Crippen LogP) is 4.00. The minimum Gasteiger partial charge on any atom is -0.493 e. The highest BCUT2D eigenvalue weighted by Gasteiger charge is 2.15. The smallest absolute Gasteiger partial charge is 0.343 e. The zero-order valence-corrected chi connectivity index (χ0v) is 19.5. The molecule has 1 N–H and O–H groups in total. The van der Waals surface area contributed by atoms with Gasteiger partial charge in [0.15, 0.2) is 11.5 Å². The molecule has 3 rings (SSSR count). The van der Waals surface area contributed by atoms with Gasteiger partial charge in [-0.15, -0.1) is 0 Å². The lowest BCUT2D eigenvalue weighted by atomic mass is 10.2. The van der Waals surface area contributed by atoms with Crippen LogP contribution in [0.5, 0.6) is 17.2 Å². The Balaban J connectivity index is 1.81. The molecular formula is C22H19BrN2O6S. The number of rotatable bonds is 8. The summed E-state index contributed by atoms with van der Waals surface area (Å²) in [5, 5.41) is 3.81. The van der Waals surface area contributed by atoms with E-state index in [-0.39, 0.29) is 16.2 Å². The Bertz CT molecular complexity index is 1250. The molecule has 3 aromatic carbocycles. The van der Waals surface area contributed by atoms with E-state index in [4.69, 9.17) is 14.2 Å². The Morgan fingerprint density at radius 1 is 0.938 bits per heavy atom. The number of sulfonamides is 1. The van der Waals surface area contributed by atoms with Crippen molar-refractivity contribution in [3.05, 3.63) is 82.3 Å². The average Bonchev–Trinajstić information content (AvgIpc) is 2.80. The second kappa shape index (κ2) is 10.3. The maximum Gasteiger partial charge on any atom is 0.343 e. The standard InChI is InChI=1S/C22H19BrN2O6S/c1-29-20-10-8-15(13-21(20)30-2)22(26)31-19-11-9-17(23)12-16(19)14-24-25-32(27,28)18-6-4-3-5-7-18/h3-14,25H,1-2H3. The van der Waals surface area contributed by atoms with Crippen molar-refractivity contribution in [3.63, 3.8) is 0 Å². The first-order valence-electron chi connectivity index (χ1n) is 9.17. The van der Waals surface area contributed by atoms with Gasteiger partial charge in [0.2, 0.25) is 0 Å². The van der Waals surface area contributed by atoms with Gasteiger partial charge in [-0.25, -0.2) is 9.63 Å². The summed E-state index contributed by atoms with van der Waals surface area (Å²) in [6.45, 7) is 0. The second-order valence-electron chi connectivity index (χ2n) is 6.31. The van der Waals surface area contributed by atoms with E-state index >= 15 is 0 Å². The summed E-state index contributed by atoms with van der Waals surface area (Å²) in [6.07, 6.45) is 1.25. The van der Waals surface area contributed by atoms with E-state index in [0.717, 1.165) is 0 Å². The van der Waals surface area contributed by atoms with Gasteiger partial charge in [0, 0.05) is 10.0 Å². The fourth-order valence-electron chi connectivity index (χ4n) is 2.65. The zero-order chi connectivity index (χ0) is 23.1. The molecule has 0 saturated heterocycles. The summed E-state index contributed by atoms with van der Waals surface area (Å²) >= 11 is 3.34. The summed E-state index contributed by atoms with van der Waals surface area (Å²) in [4.78, 5) is 14.9. The highest BCUT2D eigenvalue weighted by atomic mass is 79.9. The lowest BCUT2D eigenvalue weighted by Crippen LogP contribution is -2.18. The summed E-state index contributed by atoms with van der Waals surface area (Å²) in [6, 6.07) is 17.4. The molecule has 0 aromatic heterocycles. The lowest BCUT2D eigenvalue weighted by Gasteiger charge is -2.11. The molecular weight excluding hydrogens is 500 g/mol. The molecule has 0 amide bonds. The van der Waals surface area contributed by atoms with Crippen LogP contribution in [0.15, 0.2) is 81.2 Å². The molecule has 0 saturated carbocycles. The number of hydrogen-bond acceptors (Lipinski definition) is 7. The van der Waals surface area contributed by atoms with Crippen LogP contribution in [-0.2, 0) is 10.0 Å². The van der Waals surface area contributed by atoms with Gasteiger partial charge in [0.05, 0.1) is 30.9 Å². The van der Waals surface area contributed by atoms with Crippen LogP contribution >= 0.6 is 15.9 Å². The minimum atomic E-state index is -3.83. The fourth-order valence-corrected chi connectivity index (χ4v) is 3.84. The number of nitrogens with zero attached hydrogens (tertiary/aromatic N) is 1. The Hall–Kier alpha value is -3.37. The quantitative estimate of drug-likeness (QED) is 0.209. The van der Waals surface area contributed by atoms with Crippen molar-refractivity contribution in [1.29, 1.82) is 0 Å². The summed E-state index contributed by atoms with van der Waals surface area (Å²) in [5.74, 6) is 0.421. The van der Waals surface area contributed by atoms with Gasteiger partial charge in [-0.2, -0.15) is 13.5 Å². The second-order valence-corrected chi connectivity index (χ2v) is 8.88. The summed E-state index contributed by atoms with van der Waals surface area (Å²) in [7, 11) is -0.867. The molecule has 0 spiro atoms. The van der Waals surface area contributed by atoms with E-state index in [2.05, 4.69) is 25.9 Å². The first kappa shape index (κ1) is 23.3. The maximum atomic E-state index is 12.7.